The lowest BCUT2D eigenvalue weighted by Crippen LogP contribution is -2.42. The van der Waals surface area contributed by atoms with E-state index in [1.54, 1.807) is 12.0 Å². The SMILES string of the molecule is COc1ccc(/C=C2\CCCc3c2nc2ccccc2c3C(=O)OCC(=O)N2CCOCC2)cc1. The number of amides is 1. The number of carbonyl (C=O) groups is 2. The zero-order chi connectivity index (χ0) is 24.2. The van der Waals surface area contributed by atoms with Crippen LogP contribution in [0.4, 0.5) is 0 Å². The van der Waals surface area contributed by atoms with E-state index in [1.165, 1.54) is 0 Å². The highest BCUT2D eigenvalue weighted by molar-refractivity contribution is 6.07. The number of methoxy groups -OCH3 is 1. The van der Waals surface area contributed by atoms with Gasteiger partial charge >= 0.3 is 5.97 Å². The first kappa shape index (κ1) is 23.1. The average Bonchev–Trinajstić information content (AvgIpc) is 2.91. The standard InChI is InChI=1S/C28H28N2O5/c1-33-21-11-9-19(10-12-21)17-20-5-4-7-23-26(22-6-2-3-8-24(22)29-27(20)23)28(32)35-18-25(31)30-13-15-34-16-14-30/h2-3,6,8-12,17H,4-5,7,13-16,18H2,1H3/b20-17+. The third kappa shape index (κ3) is 4.91. The molecule has 1 fully saturated rings. The molecule has 0 N–H and O–H groups in total. The van der Waals surface area contributed by atoms with E-state index in [1.807, 2.05) is 48.5 Å². The summed E-state index contributed by atoms with van der Waals surface area (Å²) in [6, 6.07) is 15.5. The Balaban J connectivity index is 1.48. The lowest BCUT2D eigenvalue weighted by Gasteiger charge is -2.27. The van der Waals surface area contributed by atoms with Crippen molar-refractivity contribution >= 4 is 34.4 Å². The molecular weight excluding hydrogens is 444 g/mol. The van der Waals surface area contributed by atoms with Crippen molar-refractivity contribution in [2.45, 2.75) is 19.3 Å². The average molecular weight is 473 g/mol. The number of morpholine rings is 1. The summed E-state index contributed by atoms with van der Waals surface area (Å²) in [6.07, 6.45) is 4.63. The van der Waals surface area contributed by atoms with Crippen LogP contribution in [-0.4, -0.2) is 61.8 Å². The van der Waals surface area contributed by atoms with E-state index >= 15 is 0 Å². The van der Waals surface area contributed by atoms with Crippen LogP contribution in [-0.2, 0) is 20.7 Å². The largest absolute Gasteiger partial charge is 0.497 e. The Morgan fingerprint density at radius 2 is 1.83 bits per heavy atom. The van der Waals surface area contributed by atoms with Crippen LogP contribution < -0.4 is 4.74 Å². The van der Waals surface area contributed by atoms with Crippen molar-refractivity contribution in [2.24, 2.45) is 0 Å². The van der Waals surface area contributed by atoms with Gasteiger partial charge in [0.2, 0.25) is 0 Å². The van der Waals surface area contributed by atoms with Gasteiger partial charge in [0.15, 0.2) is 6.61 Å². The number of nitrogens with zero attached hydrogens (tertiary/aromatic N) is 2. The van der Waals surface area contributed by atoms with Gasteiger partial charge < -0.3 is 19.1 Å². The molecule has 0 spiro atoms. The first-order valence-corrected chi connectivity index (χ1v) is 11.9. The van der Waals surface area contributed by atoms with Crippen molar-refractivity contribution in [1.82, 2.24) is 9.88 Å². The van der Waals surface area contributed by atoms with Crippen LogP contribution in [0.15, 0.2) is 48.5 Å². The summed E-state index contributed by atoms with van der Waals surface area (Å²) in [6.45, 7) is 1.77. The topological polar surface area (TPSA) is 78.0 Å². The molecule has 0 bridgehead atoms. The molecule has 2 heterocycles. The minimum Gasteiger partial charge on any atom is -0.497 e. The van der Waals surface area contributed by atoms with Crippen molar-refractivity contribution < 1.29 is 23.8 Å². The first-order chi connectivity index (χ1) is 17.1. The number of benzene rings is 2. The number of esters is 1. The van der Waals surface area contributed by atoms with Crippen LogP contribution >= 0.6 is 0 Å². The van der Waals surface area contributed by atoms with Crippen LogP contribution in [0.1, 0.15) is 40.0 Å². The van der Waals surface area contributed by atoms with Gasteiger partial charge in [0.05, 0.1) is 37.1 Å². The second-order valence-corrected chi connectivity index (χ2v) is 8.70. The Bertz CT molecular complexity index is 1280. The molecule has 0 saturated carbocycles. The molecule has 2 aromatic carbocycles. The molecule has 35 heavy (non-hydrogen) atoms. The summed E-state index contributed by atoms with van der Waals surface area (Å²) in [4.78, 5) is 32.5. The summed E-state index contributed by atoms with van der Waals surface area (Å²) in [7, 11) is 1.65. The van der Waals surface area contributed by atoms with E-state index < -0.39 is 5.97 Å². The molecule has 5 rings (SSSR count). The Labute approximate surface area is 204 Å². The van der Waals surface area contributed by atoms with E-state index in [0.717, 1.165) is 58.3 Å². The summed E-state index contributed by atoms with van der Waals surface area (Å²) in [5, 5.41) is 0.751. The van der Waals surface area contributed by atoms with Gasteiger partial charge in [0.1, 0.15) is 5.75 Å². The van der Waals surface area contributed by atoms with E-state index in [2.05, 4.69) is 6.08 Å². The van der Waals surface area contributed by atoms with Crippen LogP contribution in [0.3, 0.4) is 0 Å². The van der Waals surface area contributed by atoms with Crippen molar-refractivity contribution in [3.63, 3.8) is 0 Å². The number of pyridine rings is 1. The molecule has 2 aliphatic rings. The van der Waals surface area contributed by atoms with Crippen LogP contribution in [0.5, 0.6) is 5.75 Å². The van der Waals surface area contributed by atoms with E-state index in [9.17, 15) is 9.59 Å². The van der Waals surface area contributed by atoms with E-state index in [4.69, 9.17) is 19.2 Å². The number of hydrogen-bond donors (Lipinski definition) is 0. The fourth-order valence-electron chi connectivity index (χ4n) is 4.71. The second-order valence-electron chi connectivity index (χ2n) is 8.70. The maximum absolute atomic E-state index is 13.4. The van der Waals surface area contributed by atoms with Crippen LogP contribution in [0.2, 0.25) is 0 Å². The fraction of sp³-hybridized carbons (Fsp3) is 0.321. The lowest BCUT2D eigenvalue weighted by atomic mass is 9.86. The van der Waals surface area contributed by atoms with Crippen molar-refractivity contribution in [3.8, 4) is 5.75 Å². The molecule has 3 aromatic rings. The molecule has 7 heteroatoms. The van der Waals surface area contributed by atoms with Gasteiger partial charge in [-0.25, -0.2) is 9.78 Å². The predicted octanol–water partition coefficient (Wildman–Crippen LogP) is 4.14. The van der Waals surface area contributed by atoms with Gasteiger partial charge in [-0.05, 0) is 60.2 Å². The number of carbonyl (C=O) groups excluding carboxylic acids is 2. The zero-order valence-corrected chi connectivity index (χ0v) is 19.8. The zero-order valence-electron chi connectivity index (χ0n) is 19.8. The van der Waals surface area contributed by atoms with Crippen molar-refractivity contribution in [3.05, 3.63) is 70.9 Å². The van der Waals surface area contributed by atoms with E-state index in [-0.39, 0.29) is 12.5 Å². The minimum atomic E-state index is -0.479. The number of hydrogen-bond acceptors (Lipinski definition) is 6. The molecule has 0 atom stereocenters. The Morgan fingerprint density at radius 3 is 2.60 bits per heavy atom. The van der Waals surface area contributed by atoms with Crippen LogP contribution in [0.25, 0.3) is 22.6 Å². The summed E-state index contributed by atoms with van der Waals surface area (Å²) in [5.74, 6) is 0.123. The lowest BCUT2D eigenvalue weighted by molar-refractivity contribution is -0.138. The number of rotatable bonds is 5. The number of ether oxygens (including phenoxy) is 3. The monoisotopic (exact) mass is 472 g/mol. The quantitative estimate of drug-likeness (QED) is 0.520. The number of para-hydroxylation sites is 1. The maximum atomic E-state index is 13.4. The third-order valence-corrected chi connectivity index (χ3v) is 6.52. The first-order valence-electron chi connectivity index (χ1n) is 11.9. The predicted molar refractivity (Wildman–Crippen MR) is 133 cm³/mol. The van der Waals surface area contributed by atoms with Gasteiger partial charge in [-0.15, -0.1) is 0 Å². The summed E-state index contributed by atoms with van der Waals surface area (Å²) >= 11 is 0. The number of allylic oxidation sites excluding steroid dienone is 1. The number of aromatic nitrogens is 1. The molecule has 0 unspecified atom stereocenters. The third-order valence-electron chi connectivity index (χ3n) is 6.52. The van der Waals surface area contributed by atoms with Gasteiger partial charge in [0, 0.05) is 18.5 Å². The molecule has 0 radical (unpaired) electrons. The second kappa shape index (κ2) is 10.3. The molecular formula is C28H28N2O5. The molecule has 1 aliphatic carbocycles. The number of fused-ring (bicyclic) bond motifs is 2. The van der Waals surface area contributed by atoms with E-state index in [0.29, 0.717) is 31.9 Å². The molecule has 1 saturated heterocycles. The molecule has 7 nitrogen and oxygen atoms in total. The Morgan fingerprint density at radius 1 is 1.06 bits per heavy atom. The fourth-order valence-corrected chi connectivity index (χ4v) is 4.71. The molecule has 1 aromatic heterocycles. The molecule has 1 amide bonds. The smallest absolute Gasteiger partial charge is 0.339 e. The van der Waals surface area contributed by atoms with Gasteiger partial charge in [-0.3, -0.25) is 4.79 Å². The minimum absolute atomic E-state index is 0.200. The van der Waals surface area contributed by atoms with Crippen molar-refractivity contribution in [1.29, 1.82) is 0 Å². The molecule has 1 aliphatic heterocycles. The highest BCUT2D eigenvalue weighted by atomic mass is 16.5. The Kier molecular flexibility index (Phi) is 6.77. The summed E-state index contributed by atoms with van der Waals surface area (Å²) in [5.41, 5.74) is 5.10. The van der Waals surface area contributed by atoms with Gasteiger partial charge in [0.25, 0.3) is 5.91 Å². The highest BCUT2D eigenvalue weighted by Crippen LogP contribution is 2.36. The van der Waals surface area contributed by atoms with Gasteiger partial charge in [-0.2, -0.15) is 0 Å². The molecule has 180 valence electrons. The van der Waals surface area contributed by atoms with Crippen molar-refractivity contribution in [2.75, 3.05) is 40.0 Å². The summed E-state index contributed by atoms with van der Waals surface area (Å²) < 4.78 is 16.1. The highest BCUT2D eigenvalue weighted by Gasteiger charge is 2.27. The Hall–Kier alpha value is -3.71. The normalized spacial score (nSPS) is 16.7. The maximum Gasteiger partial charge on any atom is 0.339 e. The van der Waals surface area contributed by atoms with Gasteiger partial charge in [-0.1, -0.05) is 30.3 Å². The van der Waals surface area contributed by atoms with Crippen LogP contribution in [0, 0.1) is 0 Å².